The summed E-state index contributed by atoms with van der Waals surface area (Å²) < 4.78 is 5.01. The first-order valence-corrected chi connectivity index (χ1v) is 5.04. The number of H-pyrrole nitrogens is 1. The molecule has 0 bridgehead atoms. The molecule has 1 heterocycles. The second kappa shape index (κ2) is 3.90. The van der Waals surface area contributed by atoms with Crippen LogP contribution < -0.4 is 11.1 Å². The first-order chi connectivity index (χ1) is 7.24. The molecule has 1 aromatic carbocycles. The van der Waals surface area contributed by atoms with E-state index < -0.39 is 5.76 Å². The van der Waals surface area contributed by atoms with Crippen LogP contribution in [-0.4, -0.2) is 12.0 Å². The standard InChI is InChI=1S/C11H14N2O2/c1-3-8(12-2)7-4-5-9-10(6-7)15-11(14)13-9/h4-6,8,12H,3H2,1-2H3,(H,13,14). The Morgan fingerprint density at radius 2 is 2.33 bits per heavy atom. The third-order valence-electron chi connectivity index (χ3n) is 2.60. The highest BCUT2D eigenvalue weighted by Crippen LogP contribution is 2.20. The van der Waals surface area contributed by atoms with E-state index >= 15 is 0 Å². The van der Waals surface area contributed by atoms with Gasteiger partial charge in [0.1, 0.15) is 0 Å². The maximum Gasteiger partial charge on any atom is 0.417 e. The van der Waals surface area contributed by atoms with Crippen molar-refractivity contribution in [1.82, 2.24) is 10.3 Å². The van der Waals surface area contributed by atoms with Gasteiger partial charge in [-0.3, -0.25) is 4.98 Å². The third kappa shape index (κ3) is 1.80. The fourth-order valence-corrected chi connectivity index (χ4v) is 1.79. The van der Waals surface area contributed by atoms with E-state index in [1.807, 2.05) is 25.2 Å². The lowest BCUT2D eigenvalue weighted by atomic mass is 10.0. The van der Waals surface area contributed by atoms with Gasteiger partial charge in [0.2, 0.25) is 0 Å². The summed E-state index contributed by atoms with van der Waals surface area (Å²) in [6.07, 6.45) is 0.997. The highest BCUT2D eigenvalue weighted by atomic mass is 16.4. The lowest BCUT2D eigenvalue weighted by molar-refractivity contribution is 0.550. The molecule has 1 unspecified atom stereocenters. The quantitative estimate of drug-likeness (QED) is 0.805. The lowest BCUT2D eigenvalue weighted by Crippen LogP contribution is -2.14. The second-order valence-corrected chi connectivity index (χ2v) is 3.52. The van der Waals surface area contributed by atoms with Crippen LogP contribution >= 0.6 is 0 Å². The number of nitrogens with one attached hydrogen (secondary N) is 2. The molecule has 0 saturated heterocycles. The summed E-state index contributed by atoms with van der Waals surface area (Å²) in [5.41, 5.74) is 2.50. The summed E-state index contributed by atoms with van der Waals surface area (Å²) in [6, 6.07) is 6.07. The normalized spacial score (nSPS) is 13.2. The smallest absolute Gasteiger partial charge is 0.408 e. The minimum atomic E-state index is -0.403. The van der Waals surface area contributed by atoms with Gasteiger partial charge in [0.15, 0.2) is 5.58 Å². The summed E-state index contributed by atoms with van der Waals surface area (Å²) in [6.45, 7) is 2.11. The number of hydrogen-bond donors (Lipinski definition) is 2. The minimum absolute atomic E-state index is 0.301. The molecule has 4 heteroatoms. The SMILES string of the molecule is CCC(NC)c1ccc2[nH]c(=O)oc2c1. The average Bonchev–Trinajstić information content (AvgIpc) is 2.59. The number of fused-ring (bicyclic) bond motifs is 1. The number of benzene rings is 1. The zero-order chi connectivity index (χ0) is 10.8. The number of rotatable bonds is 3. The Hall–Kier alpha value is -1.55. The van der Waals surface area contributed by atoms with Crippen LogP contribution in [-0.2, 0) is 0 Å². The van der Waals surface area contributed by atoms with Crippen LogP contribution in [0.1, 0.15) is 24.9 Å². The van der Waals surface area contributed by atoms with Crippen LogP contribution in [0.25, 0.3) is 11.1 Å². The molecule has 0 aliphatic heterocycles. The fourth-order valence-electron chi connectivity index (χ4n) is 1.79. The van der Waals surface area contributed by atoms with Gasteiger partial charge in [-0.15, -0.1) is 0 Å². The zero-order valence-electron chi connectivity index (χ0n) is 8.83. The van der Waals surface area contributed by atoms with Crippen molar-refractivity contribution in [2.24, 2.45) is 0 Å². The molecule has 0 aliphatic rings. The van der Waals surface area contributed by atoms with Crippen LogP contribution in [0.2, 0.25) is 0 Å². The number of aromatic amines is 1. The predicted molar refractivity (Wildman–Crippen MR) is 58.9 cm³/mol. The van der Waals surface area contributed by atoms with E-state index in [4.69, 9.17) is 4.42 Å². The van der Waals surface area contributed by atoms with Gasteiger partial charge in [0.25, 0.3) is 0 Å². The van der Waals surface area contributed by atoms with E-state index in [0.29, 0.717) is 11.6 Å². The van der Waals surface area contributed by atoms with Gasteiger partial charge >= 0.3 is 5.76 Å². The Labute approximate surface area is 87.3 Å². The van der Waals surface area contributed by atoms with Gasteiger partial charge in [0.05, 0.1) is 5.52 Å². The Morgan fingerprint density at radius 3 is 3.00 bits per heavy atom. The Balaban J connectivity index is 2.49. The van der Waals surface area contributed by atoms with Crippen molar-refractivity contribution in [3.05, 3.63) is 34.3 Å². The van der Waals surface area contributed by atoms with Gasteiger partial charge in [-0.2, -0.15) is 0 Å². The van der Waals surface area contributed by atoms with E-state index in [-0.39, 0.29) is 0 Å². The summed E-state index contributed by atoms with van der Waals surface area (Å²) in [5, 5.41) is 3.21. The Morgan fingerprint density at radius 1 is 1.53 bits per heavy atom. The number of oxazole rings is 1. The molecule has 0 amide bonds. The first kappa shape index (κ1) is 9.98. The Kier molecular flexibility index (Phi) is 2.60. The van der Waals surface area contributed by atoms with Gasteiger partial charge in [-0.1, -0.05) is 13.0 Å². The molecule has 1 atom stereocenters. The van der Waals surface area contributed by atoms with Gasteiger partial charge in [0, 0.05) is 6.04 Å². The molecule has 0 fully saturated rings. The van der Waals surface area contributed by atoms with Crippen LogP contribution in [0, 0.1) is 0 Å². The van der Waals surface area contributed by atoms with E-state index in [2.05, 4.69) is 17.2 Å². The summed E-state index contributed by atoms with van der Waals surface area (Å²) in [7, 11) is 1.92. The van der Waals surface area contributed by atoms with Crippen LogP contribution in [0.5, 0.6) is 0 Å². The molecule has 15 heavy (non-hydrogen) atoms. The van der Waals surface area contributed by atoms with Crippen molar-refractivity contribution in [2.45, 2.75) is 19.4 Å². The number of hydrogen-bond acceptors (Lipinski definition) is 3. The van der Waals surface area contributed by atoms with Crippen molar-refractivity contribution >= 4 is 11.1 Å². The largest absolute Gasteiger partial charge is 0.417 e. The van der Waals surface area contributed by atoms with Crippen LogP contribution in [0.3, 0.4) is 0 Å². The van der Waals surface area contributed by atoms with Crippen molar-refractivity contribution in [1.29, 1.82) is 0 Å². The molecule has 1 aromatic heterocycles. The predicted octanol–water partition coefficient (Wildman–Crippen LogP) is 1.79. The maximum absolute atomic E-state index is 11.0. The maximum atomic E-state index is 11.0. The molecular weight excluding hydrogens is 192 g/mol. The molecular formula is C11H14N2O2. The highest BCUT2D eigenvalue weighted by Gasteiger charge is 2.08. The van der Waals surface area contributed by atoms with E-state index in [1.54, 1.807) is 0 Å². The van der Waals surface area contributed by atoms with Crippen LogP contribution in [0.4, 0.5) is 0 Å². The zero-order valence-corrected chi connectivity index (χ0v) is 8.83. The van der Waals surface area contributed by atoms with Crippen molar-refractivity contribution in [3.63, 3.8) is 0 Å². The van der Waals surface area contributed by atoms with Gasteiger partial charge in [-0.25, -0.2) is 4.79 Å². The van der Waals surface area contributed by atoms with Crippen molar-refractivity contribution < 1.29 is 4.42 Å². The fraction of sp³-hybridized carbons (Fsp3) is 0.364. The average molecular weight is 206 g/mol. The molecule has 0 saturated carbocycles. The van der Waals surface area contributed by atoms with Gasteiger partial charge in [-0.05, 0) is 31.2 Å². The van der Waals surface area contributed by atoms with Crippen molar-refractivity contribution in [2.75, 3.05) is 7.05 Å². The Bertz CT molecular complexity index is 509. The lowest BCUT2D eigenvalue weighted by Gasteiger charge is -2.13. The molecule has 0 spiro atoms. The van der Waals surface area contributed by atoms with E-state index in [0.717, 1.165) is 17.5 Å². The summed E-state index contributed by atoms with van der Waals surface area (Å²) >= 11 is 0. The first-order valence-electron chi connectivity index (χ1n) is 5.04. The van der Waals surface area contributed by atoms with E-state index in [1.165, 1.54) is 0 Å². The molecule has 0 aliphatic carbocycles. The molecule has 0 radical (unpaired) electrons. The molecule has 2 rings (SSSR count). The van der Waals surface area contributed by atoms with Crippen molar-refractivity contribution in [3.8, 4) is 0 Å². The molecule has 2 aromatic rings. The topological polar surface area (TPSA) is 58.0 Å². The van der Waals surface area contributed by atoms with E-state index in [9.17, 15) is 4.79 Å². The third-order valence-corrected chi connectivity index (χ3v) is 2.60. The monoisotopic (exact) mass is 206 g/mol. The van der Waals surface area contributed by atoms with Gasteiger partial charge < -0.3 is 9.73 Å². The summed E-state index contributed by atoms with van der Waals surface area (Å²) in [5.74, 6) is -0.403. The summed E-state index contributed by atoms with van der Waals surface area (Å²) in [4.78, 5) is 13.6. The molecule has 2 N–H and O–H groups in total. The molecule has 80 valence electrons. The number of aromatic nitrogens is 1. The second-order valence-electron chi connectivity index (χ2n) is 3.52. The van der Waals surface area contributed by atoms with Crippen LogP contribution in [0.15, 0.2) is 27.4 Å². The molecule has 4 nitrogen and oxygen atoms in total. The minimum Gasteiger partial charge on any atom is -0.408 e. The highest BCUT2D eigenvalue weighted by molar-refractivity contribution is 5.72.